The van der Waals surface area contributed by atoms with Crippen molar-refractivity contribution >= 4 is 17.9 Å². The summed E-state index contributed by atoms with van der Waals surface area (Å²) < 4.78 is 10.3. The first kappa shape index (κ1) is 20.9. The molecule has 0 radical (unpaired) electrons. The highest BCUT2D eigenvalue weighted by atomic mass is 16.6. The first-order valence-corrected chi connectivity index (χ1v) is 8.47. The van der Waals surface area contributed by atoms with Crippen molar-refractivity contribution in [3.8, 4) is 0 Å². The van der Waals surface area contributed by atoms with Crippen LogP contribution in [0.4, 0.5) is 10.6 Å². The fraction of sp³-hybridized carbons (Fsp3) is 0.588. The molecule has 0 unspecified atom stereocenters. The minimum absolute atomic E-state index is 0.0159. The average Bonchev–Trinajstić information content (AvgIpc) is 2.63. The van der Waals surface area contributed by atoms with Gasteiger partial charge in [0.15, 0.2) is 0 Å². The van der Waals surface area contributed by atoms with Gasteiger partial charge in [0.1, 0.15) is 18.5 Å². The summed E-state index contributed by atoms with van der Waals surface area (Å²) in [7, 11) is 1.56. The van der Waals surface area contributed by atoms with Gasteiger partial charge in [-0.25, -0.2) is 9.78 Å². The van der Waals surface area contributed by atoms with Crippen molar-refractivity contribution in [1.82, 2.24) is 4.98 Å². The van der Waals surface area contributed by atoms with Crippen LogP contribution >= 0.6 is 0 Å². The molecular weight excluding hydrogens is 324 g/mol. The van der Waals surface area contributed by atoms with Crippen molar-refractivity contribution in [1.29, 1.82) is 0 Å². The van der Waals surface area contributed by atoms with Crippen molar-refractivity contribution in [2.24, 2.45) is 11.5 Å². The number of hydrogen-bond acceptors (Lipinski definition) is 7. The molecule has 1 atom stereocenters. The average molecular weight is 352 g/mol. The van der Waals surface area contributed by atoms with Gasteiger partial charge in [-0.3, -0.25) is 9.69 Å². The maximum absolute atomic E-state index is 12.0. The molecule has 4 N–H and O–H groups in total. The number of amides is 1. The number of aromatic nitrogens is 1. The molecule has 0 saturated carbocycles. The number of esters is 1. The molecule has 25 heavy (non-hydrogen) atoms. The third-order valence-corrected chi connectivity index (χ3v) is 3.53. The number of pyridine rings is 1. The van der Waals surface area contributed by atoms with E-state index in [1.165, 1.54) is 4.90 Å². The van der Waals surface area contributed by atoms with Crippen LogP contribution in [0.25, 0.3) is 0 Å². The Morgan fingerprint density at radius 3 is 2.76 bits per heavy atom. The summed E-state index contributed by atoms with van der Waals surface area (Å²) in [5, 5.41) is 0. The first-order valence-electron chi connectivity index (χ1n) is 8.47. The van der Waals surface area contributed by atoms with Crippen LogP contribution in [0.2, 0.25) is 0 Å². The highest BCUT2D eigenvalue weighted by molar-refractivity contribution is 5.86. The van der Waals surface area contributed by atoms with Crippen LogP contribution in [0.1, 0.15) is 38.2 Å². The predicted octanol–water partition coefficient (Wildman–Crippen LogP) is 1.56. The SMILES string of the molecule is CCCOC(=O)N(C)c1ncccc1COC(=O)[C@@H](N)CCCCN. The highest BCUT2D eigenvalue weighted by Gasteiger charge is 2.19. The number of ether oxygens (including phenoxy) is 2. The molecule has 8 heteroatoms. The van der Waals surface area contributed by atoms with Crippen molar-refractivity contribution in [2.75, 3.05) is 25.1 Å². The number of unbranched alkanes of at least 4 members (excludes halogenated alkanes) is 1. The van der Waals surface area contributed by atoms with Gasteiger partial charge in [-0.1, -0.05) is 19.4 Å². The molecule has 0 spiro atoms. The lowest BCUT2D eigenvalue weighted by Gasteiger charge is -2.19. The van der Waals surface area contributed by atoms with E-state index >= 15 is 0 Å². The highest BCUT2D eigenvalue weighted by Crippen LogP contribution is 2.18. The summed E-state index contributed by atoms with van der Waals surface area (Å²) in [6.07, 6.45) is 3.90. The van der Waals surface area contributed by atoms with Crippen LogP contribution in [-0.4, -0.2) is 43.3 Å². The Morgan fingerprint density at radius 1 is 1.32 bits per heavy atom. The van der Waals surface area contributed by atoms with E-state index in [0.717, 1.165) is 19.3 Å². The predicted molar refractivity (Wildman–Crippen MR) is 95.0 cm³/mol. The topological polar surface area (TPSA) is 121 Å². The molecule has 0 fully saturated rings. The second-order valence-corrected chi connectivity index (χ2v) is 5.66. The molecule has 140 valence electrons. The van der Waals surface area contributed by atoms with Gasteiger partial charge in [0, 0.05) is 18.8 Å². The minimum atomic E-state index is -0.682. The van der Waals surface area contributed by atoms with Crippen LogP contribution < -0.4 is 16.4 Å². The smallest absolute Gasteiger partial charge is 0.415 e. The molecule has 0 aromatic carbocycles. The fourth-order valence-corrected chi connectivity index (χ4v) is 2.10. The van der Waals surface area contributed by atoms with Crippen molar-refractivity contribution in [3.05, 3.63) is 23.9 Å². The Labute approximate surface area is 148 Å². The Kier molecular flexibility index (Phi) is 9.49. The Hall–Kier alpha value is -2.19. The number of nitrogens with two attached hydrogens (primary N) is 2. The zero-order chi connectivity index (χ0) is 18.7. The van der Waals surface area contributed by atoms with Crippen molar-refractivity contribution in [3.63, 3.8) is 0 Å². The van der Waals surface area contributed by atoms with E-state index in [9.17, 15) is 9.59 Å². The van der Waals surface area contributed by atoms with Crippen LogP contribution in [0.15, 0.2) is 18.3 Å². The normalized spacial score (nSPS) is 11.7. The van der Waals surface area contributed by atoms with Gasteiger partial charge in [0.25, 0.3) is 0 Å². The number of carbonyl (C=O) groups is 2. The summed E-state index contributed by atoms with van der Waals surface area (Å²) in [6.45, 7) is 2.80. The quantitative estimate of drug-likeness (QED) is 0.484. The summed E-state index contributed by atoms with van der Waals surface area (Å²) in [4.78, 5) is 29.4. The summed E-state index contributed by atoms with van der Waals surface area (Å²) >= 11 is 0. The summed E-state index contributed by atoms with van der Waals surface area (Å²) in [5.74, 6) is -0.101. The lowest BCUT2D eigenvalue weighted by atomic mass is 10.1. The van der Waals surface area contributed by atoms with Gasteiger partial charge in [0.2, 0.25) is 0 Å². The molecule has 0 bridgehead atoms. The molecule has 0 aliphatic heterocycles. The van der Waals surface area contributed by atoms with Crippen LogP contribution in [0.5, 0.6) is 0 Å². The maximum Gasteiger partial charge on any atom is 0.415 e. The van der Waals surface area contributed by atoms with Gasteiger partial charge in [-0.05, 0) is 31.9 Å². The number of nitrogens with zero attached hydrogens (tertiary/aromatic N) is 2. The van der Waals surface area contributed by atoms with E-state index in [1.54, 1.807) is 25.4 Å². The third-order valence-electron chi connectivity index (χ3n) is 3.53. The van der Waals surface area contributed by atoms with Crippen LogP contribution in [-0.2, 0) is 20.9 Å². The molecule has 0 saturated heterocycles. The fourth-order valence-electron chi connectivity index (χ4n) is 2.10. The van der Waals surface area contributed by atoms with E-state index in [1.807, 2.05) is 6.92 Å². The van der Waals surface area contributed by atoms with E-state index in [-0.39, 0.29) is 6.61 Å². The van der Waals surface area contributed by atoms with E-state index in [2.05, 4.69) is 4.98 Å². The zero-order valence-electron chi connectivity index (χ0n) is 14.9. The van der Waals surface area contributed by atoms with E-state index in [0.29, 0.717) is 31.0 Å². The standard InChI is InChI=1S/C17H28N4O4/c1-3-11-24-17(23)21(2)15-13(7-6-10-20-15)12-25-16(22)14(19)8-4-5-9-18/h6-7,10,14H,3-5,8-9,11-12,18-19H2,1-2H3/t14-/m0/s1. The molecule has 1 aromatic rings. The zero-order valence-corrected chi connectivity index (χ0v) is 14.9. The van der Waals surface area contributed by atoms with Crippen molar-refractivity contribution < 1.29 is 19.1 Å². The van der Waals surface area contributed by atoms with Crippen LogP contribution in [0, 0.1) is 0 Å². The second-order valence-electron chi connectivity index (χ2n) is 5.66. The number of hydrogen-bond donors (Lipinski definition) is 2. The number of rotatable bonds is 10. The van der Waals surface area contributed by atoms with Gasteiger partial charge >= 0.3 is 12.1 Å². The monoisotopic (exact) mass is 352 g/mol. The lowest BCUT2D eigenvalue weighted by Crippen LogP contribution is -2.33. The summed E-state index contributed by atoms with van der Waals surface area (Å²) in [6, 6.07) is 2.76. The molecular formula is C17H28N4O4. The van der Waals surface area contributed by atoms with Gasteiger partial charge in [0.05, 0.1) is 6.61 Å². The minimum Gasteiger partial charge on any atom is -0.460 e. The van der Waals surface area contributed by atoms with Gasteiger partial charge < -0.3 is 20.9 Å². The first-order chi connectivity index (χ1) is 12.0. The largest absolute Gasteiger partial charge is 0.460 e. The lowest BCUT2D eigenvalue weighted by molar-refractivity contribution is -0.146. The van der Waals surface area contributed by atoms with Crippen molar-refractivity contribution in [2.45, 2.75) is 45.3 Å². The Morgan fingerprint density at radius 2 is 2.08 bits per heavy atom. The van der Waals surface area contributed by atoms with Gasteiger partial charge in [-0.15, -0.1) is 0 Å². The number of carbonyl (C=O) groups excluding carboxylic acids is 2. The second kappa shape index (κ2) is 11.4. The molecule has 1 aromatic heterocycles. The summed E-state index contributed by atoms with van der Waals surface area (Å²) in [5.41, 5.74) is 11.8. The molecule has 1 amide bonds. The van der Waals surface area contributed by atoms with E-state index in [4.69, 9.17) is 20.9 Å². The molecule has 1 rings (SSSR count). The Bertz CT molecular complexity index is 553. The maximum atomic E-state index is 12.0. The third kappa shape index (κ3) is 7.06. The molecule has 1 heterocycles. The molecule has 8 nitrogen and oxygen atoms in total. The Balaban J connectivity index is 2.64. The molecule has 0 aliphatic rings. The molecule has 0 aliphatic carbocycles. The van der Waals surface area contributed by atoms with Gasteiger partial charge in [-0.2, -0.15) is 0 Å². The van der Waals surface area contributed by atoms with E-state index < -0.39 is 18.1 Å². The van der Waals surface area contributed by atoms with Crippen LogP contribution in [0.3, 0.4) is 0 Å². The number of anilines is 1.